The van der Waals surface area contributed by atoms with Gasteiger partial charge in [-0.1, -0.05) is 12.1 Å². The number of benzene rings is 2. The maximum absolute atomic E-state index is 13.7. The number of nitrogens with two attached hydrogens (primary N) is 1. The topological polar surface area (TPSA) is 97.3 Å². The van der Waals surface area contributed by atoms with Crippen LogP contribution in [-0.2, 0) is 24.5 Å². The van der Waals surface area contributed by atoms with Crippen LogP contribution in [0.3, 0.4) is 0 Å². The Morgan fingerprint density at radius 1 is 1.21 bits per heavy atom. The number of hydrazine groups is 1. The summed E-state index contributed by atoms with van der Waals surface area (Å²) in [5, 5.41) is 6.38. The van der Waals surface area contributed by atoms with Crippen molar-refractivity contribution in [1.82, 2.24) is 24.8 Å². The van der Waals surface area contributed by atoms with Gasteiger partial charge in [0.2, 0.25) is 5.91 Å². The molecular weight excluding hydrogens is 449 g/mol. The number of carbonyl (C=O) groups excluding carboxylic acids is 2. The highest BCUT2D eigenvalue weighted by Gasteiger charge is 2.30. The third kappa shape index (κ3) is 4.12. The van der Waals surface area contributed by atoms with Crippen molar-refractivity contribution < 1.29 is 26.9 Å². The Hall–Kier alpha value is -4.15. The highest BCUT2D eigenvalue weighted by atomic mass is 19.4. The van der Waals surface area contributed by atoms with Crippen LogP contribution >= 0.6 is 0 Å². The summed E-state index contributed by atoms with van der Waals surface area (Å²) in [6.45, 7) is -1.79. The van der Waals surface area contributed by atoms with Crippen molar-refractivity contribution in [2.45, 2.75) is 19.6 Å². The maximum atomic E-state index is 13.7. The molecule has 176 valence electrons. The first-order valence-electron chi connectivity index (χ1n) is 11.4. The summed E-state index contributed by atoms with van der Waals surface area (Å²) in [6.07, 6.45) is -3.23. The van der Waals surface area contributed by atoms with Crippen molar-refractivity contribution in [3.05, 3.63) is 65.3 Å². The van der Waals surface area contributed by atoms with Gasteiger partial charge in [0, 0.05) is 32.0 Å². The molecule has 0 bridgehead atoms. The van der Waals surface area contributed by atoms with E-state index in [4.69, 9.17) is 9.85 Å². The molecule has 11 heteroatoms. The van der Waals surface area contributed by atoms with Gasteiger partial charge in [0.15, 0.2) is 0 Å². The van der Waals surface area contributed by atoms with Crippen molar-refractivity contribution in [3.63, 3.8) is 0 Å². The van der Waals surface area contributed by atoms with Gasteiger partial charge < -0.3 is 5.73 Å². The minimum Gasteiger partial charge on any atom is -0.383 e. The molecule has 0 atom stereocenters. The molecule has 0 saturated carbocycles. The molecule has 4 aromatic rings. The number of rotatable bonds is 3. The molecule has 0 aliphatic rings. The average molecular weight is 473 g/mol. The van der Waals surface area contributed by atoms with Crippen molar-refractivity contribution in [2.75, 3.05) is 12.8 Å². The Morgan fingerprint density at radius 3 is 2.59 bits per heavy atom. The number of fused-ring (bicyclic) bond motifs is 3. The fourth-order valence-electron chi connectivity index (χ4n) is 3.40. The van der Waals surface area contributed by atoms with Crippen molar-refractivity contribution in [1.29, 1.82) is 0 Å². The monoisotopic (exact) mass is 473 g/mol. The van der Waals surface area contributed by atoms with E-state index in [1.54, 1.807) is 7.05 Å². The second-order valence-electron chi connectivity index (χ2n) is 7.52. The lowest BCUT2D eigenvalue weighted by atomic mass is 10.1. The van der Waals surface area contributed by atoms with Crippen molar-refractivity contribution in [2.24, 2.45) is 7.05 Å². The minimum atomic E-state index is -4.74. The first-order chi connectivity index (χ1) is 17.1. The van der Waals surface area contributed by atoms with E-state index < -0.39 is 41.7 Å². The molecule has 8 nitrogen and oxygen atoms in total. The van der Waals surface area contributed by atoms with Crippen LogP contribution < -0.4 is 5.73 Å². The lowest BCUT2D eigenvalue weighted by Crippen LogP contribution is -2.46. The molecule has 4 rings (SSSR count). The molecule has 0 fully saturated rings. The number of aromatic nitrogens is 3. The molecule has 2 amide bonds. The number of anilines is 1. The van der Waals surface area contributed by atoms with Gasteiger partial charge >= 0.3 is 6.18 Å². The summed E-state index contributed by atoms with van der Waals surface area (Å²) >= 11 is 0. The first-order valence-corrected chi connectivity index (χ1v) is 9.92. The summed E-state index contributed by atoms with van der Waals surface area (Å²) in [5.74, 6) is -1.47. The number of hydrogen-bond acceptors (Lipinski definition) is 5. The molecule has 2 aromatic heterocycles. The summed E-state index contributed by atoms with van der Waals surface area (Å²) < 4.78 is 66.2. The summed E-state index contributed by atoms with van der Waals surface area (Å²) in [7, 11) is 2.82. The van der Waals surface area contributed by atoms with Crippen LogP contribution in [-0.4, -0.2) is 43.6 Å². The van der Waals surface area contributed by atoms with Gasteiger partial charge in [-0.2, -0.15) is 18.3 Å². The number of amides is 2. The largest absolute Gasteiger partial charge is 0.416 e. The summed E-state index contributed by atoms with van der Waals surface area (Å²) in [6, 6.07) is 5.39. The van der Waals surface area contributed by atoms with Crippen molar-refractivity contribution >= 4 is 39.4 Å². The quantitative estimate of drug-likeness (QED) is 0.457. The van der Waals surface area contributed by atoms with Crippen molar-refractivity contribution in [3.8, 4) is 0 Å². The minimum absolute atomic E-state index is 0.0445. The number of nitrogen functional groups attached to an aromatic ring is 1. The lowest BCUT2D eigenvalue weighted by molar-refractivity contribution is -0.140. The molecule has 2 aromatic carbocycles. The van der Waals surface area contributed by atoms with Crippen LogP contribution in [0, 0.1) is 0 Å². The van der Waals surface area contributed by atoms with E-state index in [0.717, 1.165) is 20.0 Å². The van der Waals surface area contributed by atoms with Gasteiger partial charge in [0.05, 0.1) is 38.8 Å². The van der Waals surface area contributed by atoms with Crippen LogP contribution in [0.25, 0.3) is 21.8 Å². The van der Waals surface area contributed by atoms with Gasteiger partial charge in [0.1, 0.15) is 5.82 Å². The van der Waals surface area contributed by atoms with Gasteiger partial charge in [0.25, 0.3) is 5.91 Å². The SMILES string of the molecule is [2H]c1cc(C(F)(F)F)ccc1C([2H])([2H])N(C(=O)c1ccc2nc(N)c3cnn(C)c3c2c1)N(C)C(C)=O. The number of aryl methyl sites for hydroxylation is 1. The van der Waals surface area contributed by atoms with E-state index in [-0.39, 0.29) is 11.4 Å². The van der Waals surface area contributed by atoms with Crippen LogP contribution in [0.1, 0.15) is 32.5 Å². The fourth-order valence-corrected chi connectivity index (χ4v) is 3.40. The van der Waals surface area contributed by atoms with Gasteiger partial charge in [-0.3, -0.25) is 19.3 Å². The third-order valence-corrected chi connectivity index (χ3v) is 5.27. The zero-order valence-electron chi connectivity index (χ0n) is 21.3. The van der Waals surface area contributed by atoms with E-state index in [2.05, 4.69) is 10.1 Å². The average Bonchev–Trinajstić information content (AvgIpc) is 3.20. The predicted molar refractivity (Wildman–Crippen MR) is 120 cm³/mol. The molecule has 0 unspecified atom stereocenters. The summed E-state index contributed by atoms with van der Waals surface area (Å²) in [4.78, 5) is 30.2. The van der Waals surface area contributed by atoms with E-state index in [1.807, 2.05) is 0 Å². The zero-order chi connectivity index (χ0) is 27.4. The second kappa shape index (κ2) is 8.32. The van der Waals surface area contributed by atoms with E-state index >= 15 is 0 Å². The maximum Gasteiger partial charge on any atom is 0.416 e. The molecule has 2 N–H and O–H groups in total. The summed E-state index contributed by atoms with van der Waals surface area (Å²) in [5.41, 5.74) is 5.30. The Bertz CT molecular complexity index is 1570. The normalized spacial score (nSPS) is 13.4. The number of pyridine rings is 1. The number of halogens is 3. The number of nitrogens with zero attached hydrogens (tertiary/aromatic N) is 5. The molecule has 0 aliphatic carbocycles. The predicted octanol–water partition coefficient (Wildman–Crippen LogP) is 3.76. The Balaban J connectivity index is 1.87. The molecular formula is C23H21F3N6O2. The lowest BCUT2D eigenvalue weighted by Gasteiger charge is -2.31. The number of alkyl halides is 3. The zero-order valence-corrected chi connectivity index (χ0v) is 18.3. The molecule has 0 spiro atoms. The molecule has 34 heavy (non-hydrogen) atoms. The number of carbonyl (C=O) groups is 2. The van der Waals surface area contributed by atoms with Crippen LogP contribution in [0.4, 0.5) is 19.0 Å². The molecule has 0 saturated heterocycles. The van der Waals surface area contributed by atoms with Crippen LogP contribution in [0.2, 0.25) is 0 Å². The fraction of sp³-hybridized carbons (Fsp3) is 0.217. The van der Waals surface area contributed by atoms with Crippen LogP contribution in [0.5, 0.6) is 0 Å². The molecule has 0 radical (unpaired) electrons. The molecule has 2 heterocycles. The Morgan fingerprint density at radius 2 is 1.94 bits per heavy atom. The van der Waals surface area contributed by atoms with Gasteiger partial charge in [-0.15, -0.1) is 0 Å². The standard InChI is InChI=1S/C23H21F3N6O2/c1-13(33)31(3)32(12-14-4-7-16(8-5-14)23(24,25)26)22(34)15-6-9-19-17(10-15)20-18(21(27)29-19)11-28-30(20)2/h4-11H,12H2,1-3H3,(H2,27,29)/i4D,12D2. The van der Waals surface area contributed by atoms with E-state index in [9.17, 15) is 22.8 Å². The Labute approximate surface area is 196 Å². The smallest absolute Gasteiger partial charge is 0.383 e. The number of hydrogen-bond donors (Lipinski definition) is 1. The highest BCUT2D eigenvalue weighted by molar-refractivity contribution is 6.10. The van der Waals surface area contributed by atoms with Gasteiger partial charge in [-0.25, -0.2) is 9.99 Å². The third-order valence-electron chi connectivity index (χ3n) is 5.27. The molecule has 0 aliphatic heterocycles. The Kier molecular flexibility index (Phi) is 4.73. The van der Waals surface area contributed by atoms with Crippen LogP contribution in [0.15, 0.2) is 48.6 Å². The highest BCUT2D eigenvalue weighted by Crippen LogP contribution is 2.30. The second-order valence-corrected chi connectivity index (χ2v) is 7.52. The van der Waals surface area contributed by atoms with E-state index in [1.165, 1.54) is 29.1 Å². The first kappa shape index (κ1) is 19.3. The van der Waals surface area contributed by atoms with E-state index in [0.29, 0.717) is 44.0 Å². The van der Waals surface area contributed by atoms with Gasteiger partial charge in [-0.05, 0) is 35.9 Å².